The Morgan fingerprint density at radius 3 is 2.25 bits per heavy atom. The number of nitrogens with one attached hydrogen (secondary N) is 1. The van der Waals surface area contributed by atoms with Crippen LogP contribution in [0.1, 0.15) is 73.6 Å². The Bertz CT molecular complexity index is 589. The van der Waals surface area contributed by atoms with E-state index in [1.165, 1.54) is 4.90 Å². The van der Waals surface area contributed by atoms with Crippen LogP contribution in [0.25, 0.3) is 0 Å². The van der Waals surface area contributed by atoms with Crippen LogP contribution in [0, 0.1) is 22.7 Å². The summed E-state index contributed by atoms with van der Waals surface area (Å²) in [6.07, 6.45) is 3.96. The van der Waals surface area contributed by atoms with Crippen LogP contribution in [0.4, 0.5) is 4.79 Å². The van der Waals surface area contributed by atoms with Gasteiger partial charge in [-0.1, -0.05) is 41.5 Å². The zero-order valence-electron chi connectivity index (χ0n) is 18.6. The monoisotopic (exact) mass is 393 g/mol. The van der Waals surface area contributed by atoms with Gasteiger partial charge in [-0.05, 0) is 42.4 Å². The van der Waals surface area contributed by atoms with E-state index in [4.69, 9.17) is 0 Å². The number of urea groups is 1. The quantitative estimate of drug-likeness (QED) is 0.553. The first-order valence-corrected chi connectivity index (χ1v) is 10.8. The zero-order chi connectivity index (χ0) is 21.1. The number of hydrogen-bond donors (Lipinski definition) is 1. The van der Waals surface area contributed by atoms with E-state index in [1.54, 1.807) is 0 Å². The normalized spacial score (nSPS) is 23.6. The molecule has 0 radical (unpaired) electrons. The lowest BCUT2D eigenvalue weighted by Gasteiger charge is -2.27. The summed E-state index contributed by atoms with van der Waals surface area (Å²) in [5.74, 6) is 0.302. The summed E-state index contributed by atoms with van der Waals surface area (Å²) in [7, 11) is 0. The van der Waals surface area contributed by atoms with Crippen molar-refractivity contribution >= 4 is 17.8 Å². The Labute approximate surface area is 170 Å². The van der Waals surface area contributed by atoms with Gasteiger partial charge in [-0.15, -0.1) is 0 Å². The van der Waals surface area contributed by atoms with Crippen molar-refractivity contribution in [3.63, 3.8) is 0 Å². The van der Waals surface area contributed by atoms with E-state index in [0.29, 0.717) is 25.4 Å². The Morgan fingerprint density at radius 2 is 1.71 bits per heavy atom. The van der Waals surface area contributed by atoms with Gasteiger partial charge in [0.25, 0.3) is 0 Å². The average molecular weight is 394 g/mol. The third-order valence-electron chi connectivity index (χ3n) is 6.32. The molecule has 2 saturated heterocycles. The van der Waals surface area contributed by atoms with Gasteiger partial charge in [0.05, 0.1) is 5.92 Å². The summed E-state index contributed by atoms with van der Waals surface area (Å²) in [4.78, 5) is 40.2. The predicted molar refractivity (Wildman–Crippen MR) is 111 cm³/mol. The van der Waals surface area contributed by atoms with E-state index < -0.39 is 0 Å². The Balaban J connectivity index is 1.62. The highest BCUT2D eigenvalue weighted by Crippen LogP contribution is 2.35. The molecular formula is C22H39N3O3. The molecule has 0 spiro atoms. The van der Waals surface area contributed by atoms with E-state index in [1.807, 2.05) is 25.7 Å². The third kappa shape index (κ3) is 5.71. The van der Waals surface area contributed by atoms with E-state index >= 15 is 0 Å². The van der Waals surface area contributed by atoms with Crippen LogP contribution in [-0.4, -0.2) is 53.8 Å². The lowest BCUT2D eigenvalue weighted by Crippen LogP contribution is -2.39. The SMILES string of the molecule is CC(C)(C)C1CC(=O)N(CCCCCNC(=O)N2CC[C@H](C(C)(C)C)C2)C1=O. The Kier molecular flexibility index (Phi) is 7.16. The molecule has 0 bridgehead atoms. The van der Waals surface area contributed by atoms with Crippen LogP contribution in [0.5, 0.6) is 0 Å². The molecule has 0 saturated carbocycles. The Hall–Kier alpha value is -1.59. The molecule has 2 atom stereocenters. The fourth-order valence-electron chi connectivity index (χ4n) is 4.13. The van der Waals surface area contributed by atoms with E-state index in [2.05, 4.69) is 26.1 Å². The second-order valence-electron chi connectivity index (χ2n) is 10.6. The third-order valence-corrected chi connectivity index (χ3v) is 6.32. The lowest BCUT2D eigenvalue weighted by atomic mass is 9.80. The highest BCUT2D eigenvalue weighted by molar-refractivity contribution is 6.03. The van der Waals surface area contributed by atoms with Crippen LogP contribution in [-0.2, 0) is 9.59 Å². The van der Waals surface area contributed by atoms with Gasteiger partial charge in [-0.2, -0.15) is 0 Å². The summed E-state index contributed by atoms with van der Waals surface area (Å²) in [6, 6.07) is 0.0321. The molecule has 6 nitrogen and oxygen atoms in total. The first-order chi connectivity index (χ1) is 12.9. The molecule has 6 heteroatoms. The van der Waals surface area contributed by atoms with Gasteiger partial charge in [0.2, 0.25) is 11.8 Å². The number of carbonyl (C=O) groups excluding carboxylic acids is 3. The molecule has 0 aromatic heterocycles. The number of amides is 4. The van der Waals surface area contributed by atoms with Gasteiger partial charge in [0.1, 0.15) is 0 Å². The highest BCUT2D eigenvalue weighted by atomic mass is 16.2. The van der Waals surface area contributed by atoms with Crippen molar-refractivity contribution in [2.24, 2.45) is 22.7 Å². The minimum atomic E-state index is -0.198. The molecule has 1 N–H and O–H groups in total. The van der Waals surface area contributed by atoms with Gasteiger partial charge in [0, 0.05) is 32.6 Å². The molecule has 0 aromatic rings. The van der Waals surface area contributed by atoms with Crippen LogP contribution >= 0.6 is 0 Å². The minimum absolute atomic E-state index is 0.0201. The summed E-state index contributed by atoms with van der Waals surface area (Å²) in [5, 5.41) is 3.01. The maximum absolute atomic E-state index is 12.5. The molecule has 1 unspecified atom stereocenters. The summed E-state index contributed by atoms with van der Waals surface area (Å²) < 4.78 is 0. The van der Waals surface area contributed by atoms with Gasteiger partial charge < -0.3 is 10.2 Å². The largest absolute Gasteiger partial charge is 0.338 e. The highest BCUT2D eigenvalue weighted by Gasteiger charge is 2.44. The molecule has 2 heterocycles. The summed E-state index contributed by atoms with van der Waals surface area (Å²) >= 11 is 0. The van der Waals surface area contributed by atoms with Crippen LogP contribution in [0.2, 0.25) is 0 Å². The number of unbranched alkanes of at least 4 members (excludes halogenated alkanes) is 2. The van der Waals surface area contributed by atoms with Gasteiger partial charge >= 0.3 is 6.03 Å². The molecule has 2 aliphatic heterocycles. The van der Waals surface area contributed by atoms with Gasteiger partial charge in [-0.3, -0.25) is 14.5 Å². The standard InChI is InChI=1S/C22H39N3O3/c1-21(2,3)16-10-13-24(15-16)20(28)23-11-8-7-9-12-25-18(26)14-17(19(25)27)22(4,5)6/h16-17H,7-15H2,1-6H3,(H,23,28)/t16-,17?/m0/s1. The molecule has 28 heavy (non-hydrogen) atoms. The first-order valence-electron chi connectivity index (χ1n) is 10.8. The molecule has 0 aromatic carbocycles. The van der Waals surface area contributed by atoms with Crippen LogP contribution < -0.4 is 5.32 Å². The van der Waals surface area contributed by atoms with Gasteiger partial charge in [0.15, 0.2) is 0 Å². The molecular weight excluding hydrogens is 354 g/mol. The first kappa shape index (κ1) is 22.7. The number of rotatable bonds is 6. The fourth-order valence-corrected chi connectivity index (χ4v) is 4.13. The van der Waals surface area contributed by atoms with Crippen molar-refractivity contribution < 1.29 is 14.4 Å². The molecule has 2 aliphatic rings. The number of carbonyl (C=O) groups is 3. The fraction of sp³-hybridized carbons (Fsp3) is 0.864. The number of nitrogens with zero attached hydrogens (tertiary/aromatic N) is 2. The number of hydrogen-bond acceptors (Lipinski definition) is 3. The van der Waals surface area contributed by atoms with Crippen molar-refractivity contribution in [3.05, 3.63) is 0 Å². The summed E-state index contributed by atoms with van der Waals surface area (Å²) in [5.41, 5.74) is 0.0683. The zero-order valence-corrected chi connectivity index (χ0v) is 18.6. The van der Waals surface area contributed by atoms with Crippen LogP contribution in [0.15, 0.2) is 0 Å². The molecule has 2 rings (SSSR count). The Morgan fingerprint density at radius 1 is 1.04 bits per heavy atom. The minimum Gasteiger partial charge on any atom is -0.338 e. The smallest absolute Gasteiger partial charge is 0.317 e. The van der Waals surface area contributed by atoms with Gasteiger partial charge in [-0.25, -0.2) is 4.79 Å². The van der Waals surface area contributed by atoms with Crippen LogP contribution in [0.3, 0.4) is 0 Å². The van der Waals surface area contributed by atoms with Crippen molar-refractivity contribution in [2.45, 2.75) is 73.6 Å². The van der Waals surface area contributed by atoms with E-state index in [9.17, 15) is 14.4 Å². The van der Waals surface area contributed by atoms with Crippen molar-refractivity contribution in [2.75, 3.05) is 26.2 Å². The topological polar surface area (TPSA) is 69.7 Å². The van der Waals surface area contributed by atoms with Crippen molar-refractivity contribution in [3.8, 4) is 0 Å². The lowest BCUT2D eigenvalue weighted by molar-refractivity contribution is -0.140. The molecule has 0 aliphatic carbocycles. The van der Waals surface area contributed by atoms with Crippen molar-refractivity contribution in [1.29, 1.82) is 0 Å². The second-order valence-corrected chi connectivity index (χ2v) is 10.6. The predicted octanol–water partition coefficient (Wildman–Crippen LogP) is 3.66. The second kappa shape index (κ2) is 8.83. The number of likely N-dealkylation sites (tertiary alicyclic amines) is 2. The number of imide groups is 1. The maximum atomic E-state index is 12.5. The molecule has 2 fully saturated rings. The van der Waals surface area contributed by atoms with Crippen molar-refractivity contribution in [1.82, 2.24) is 15.1 Å². The molecule has 4 amide bonds. The van der Waals surface area contributed by atoms with E-state index in [-0.39, 0.29) is 34.6 Å². The van der Waals surface area contributed by atoms with E-state index in [0.717, 1.165) is 38.8 Å². The summed E-state index contributed by atoms with van der Waals surface area (Å²) in [6.45, 7) is 15.6. The maximum Gasteiger partial charge on any atom is 0.317 e. The molecule has 160 valence electrons. The average Bonchev–Trinajstić information content (AvgIpc) is 3.16.